The molecule has 0 radical (unpaired) electrons. The minimum Gasteiger partial charge on any atom is -0.312 e. The second kappa shape index (κ2) is 6.78. The van der Waals surface area contributed by atoms with Gasteiger partial charge in [-0.1, -0.05) is 20.8 Å². The lowest BCUT2D eigenvalue weighted by atomic mass is 10.1. The van der Waals surface area contributed by atoms with E-state index in [1.54, 1.807) is 11.3 Å². The van der Waals surface area contributed by atoms with Crippen molar-refractivity contribution < 1.29 is 0 Å². The van der Waals surface area contributed by atoms with Crippen LogP contribution in [0.25, 0.3) is 10.6 Å². The van der Waals surface area contributed by atoms with Crippen LogP contribution in [0.3, 0.4) is 0 Å². The average Bonchev–Trinajstić information content (AvgIpc) is 2.88. The molecule has 102 valence electrons. The van der Waals surface area contributed by atoms with Crippen LogP contribution in [0.2, 0.25) is 0 Å². The summed E-state index contributed by atoms with van der Waals surface area (Å²) in [5.74, 6) is 0. The molecule has 2 aromatic heterocycles. The van der Waals surface area contributed by atoms with Gasteiger partial charge in [-0.3, -0.25) is 4.98 Å². The Labute approximate surface area is 119 Å². The number of nitrogens with zero attached hydrogens (tertiary/aromatic N) is 2. The summed E-state index contributed by atoms with van der Waals surface area (Å²) in [6.45, 7) is 8.37. The summed E-state index contributed by atoms with van der Waals surface area (Å²) < 4.78 is 0. The molecule has 0 aliphatic heterocycles. The Morgan fingerprint density at radius 3 is 2.74 bits per heavy atom. The molecule has 0 fully saturated rings. The van der Waals surface area contributed by atoms with Crippen molar-refractivity contribution in [2.45, 2.75) is 40.2 Å². The predicted octanol–water partition coefficient (Wildman–Crippen LogP) is 3.44. The van der Waals surface area contributed by atoms with Crippen molar-refractivity contribution in [2.75, 3.05) is 6.54 Å². The van der Waals surface area contributed by atoms with E-state index in [1.165, 1.54) is 21.7 Å². The van der Waals surface area contributed by atoms with E-state index in [4.69, 9.17) is 4.98 Å². The second-order valence-corrected chi connectivity index (χ2v) is 5.49. The van der Waals surface area contributed by atoms with E-state index in [-0.39, 0.29) is 0 Å². The van der Waals surface area contributed by atoms with Crippen LogP contribution in [-0.4, -0.2) is 16.5 Å². The van der Waals surface area contributed by atoms with E-state index in [0.29, 0.717) is 0 Å². The maximum atomic E-state index is 4.81. The van der Waals surface area contributed by atoms with Gasteiger partial charge in [0.15, 0.2) is 0 Å². The number of aromatic nitrogens is 2. The third kappa shape index (κ3) is 3.19. The van der Waals surface area contributed by atoms with Crippen LogP contribution in [0.15, 0.2) is 18.5 Å². The highest BCUT2D eigenvalue weighted by Crippen LogP contribution is 2.30. The number of hydrogen-bond acceptors (Lipinski definition) is 4. The van der Waals surface area contributed by atoms with Crippen LogP contribution in [0.4, 0.5) is 0 Å². The number of aryl methyl sites for hydroxylation is 2. The second-order valence-electron chi connectivity index (χ2n) is 4.41. The molecule has 2 rings (SSSR count). The first-order chi connectivity index (χ1) is 9.30. The molecule has 0 amide bonds. The molecule has 0 spiro atoms. The minimum atomic E-state index is 0.921. The molecule has 3 nitrogen and oxygen atoms in total. The van der Waals surface area contributed by atoms with Crippen molar-refractivity contribution in [1.82, 2.24) is 15.3 Å². The summed E-state index contributed by atoms with van der Waals surface area (Å²) in [5.41, 5.74) is 3.73. The molecule has 0 aromatic carbocycles. The molecule has 0 bridgehead atoms. The predicted molar refractivity (Wildman–Crippen MR) is 81.5 cm³/mol. The lowest BCUT2D eigenvalue weighted by Gasteiger charge is -2.02. The maximum Gasteiger partial charge on any atom is 0.124 e. The van der Waals surface area contributed by atoms with E-state index in [2.05, 4.69) is 37.1 Å². The summed E-state index contributed by atoms with van der Waals surface area (Å²) in [4.78, 5) is 10.4. The largest absolute Gasteiger partial charge is 0.312 e. The van der Waals surface area contributed by atoms with E-state index in [9.17, 15) is 0 Å². The van der Waals surface area contributed by atoms with Crippen molar-refractivity contribution in [2.24, 2.45) is 0 Å². The first kappa shape index (κ1) is 14.2. The molecule has 4 heteroatoms. The normalized spacial score (nSPS) is 10.9. The Kier molecular flexibility index (Phi) is 5.05. The summed E-state index contributed by atoms with van der Waals surface area (Å²) in [6, 6.07) is 2.08. The van der Waals surface area contributed by atoms with Crippen LogP contribution >= 0.6 is 11.3 Å². The summed E-state index contributed by atoms with van der Waals surface area (Å²) in [5, 5.41) is 4.52. The molecule has 0 atom stereocenters. The first-order valence-electron chi connectivity index (χ1n) is 6.92. The molecule has 0 unspecified atom stereocenters. The average molecular weight is 275 g/mol. The van der Waals surface area contributed by atoms with Crippen molar-refractivity contribution in [3.05, 3.63) is 34.6 Å². The Morgan fingerprint density at radius 1 is 1.21 bits per heavy atom. The van der Waals surface area contributed by atoms with Gasteiger partial charge in [-0.15, -0.1) is 11.3 Å². The van der Waals surface area contributed by atoms with E-state index >= 15 is 0 Å². The molecule has 2 aromatic rings. The minimum absolute atomic E-state index is 0.921. The molecular formula is C15H21N3S. The first-order valence-corrected chi connectivity index (χ1v) is 7.74. The fraction of sp³-hybridized carbons (Fsp3) is 0.467. The molecule has 0 aliphatic rings. The highest BCUT2D eigenvalue weighted by atomic mass is 32.1. The van der Waals surface area contributed by atoms with Crippen molar-refractivity contribution in [3.63, 3.8) is 0 Å². The van der Waals surface area contributed by atoms with Gasteiger partial charge in [-0.2, -0.15) is 0 Å². The summed E-state index contributed by atoms with van der Waals surface area (Å²) in [7, 11) is 0. The van der Waals surface area contributed by atoms with Gasteiger partial charge in [0.25, 0.3) is 0 Å². The van der Waals surface area contributed by atoms with Gasteiger partial charge in [-0.25, -0.2) is 4.98 Å². The fourth-order valence-corrected chi connectivity index (χ4v) is 3.25. The molecule has 0 aliphatic carbocycles. The van der Waals surface area contributed by atoms with E-state index in [1.807, 2.05) is 12.4 Å². The van der Waals surface area contributed by atoms with Gasteiger partial charge in [0.05, 0.1) is 5.69 Å². The third-order valence-corrected chi connectivity index (χ3v) is 4.29. The zero-order valence-electron chi connectivity index (χ0n) is 11.9. The van der Waals surface area contributed by atoms with Gasteiger partial charge in [0.1, 0.15) is 5.01 Å². The number of hydrogen-bond donors (Lipinski definition) is 1. The Bertz CT molecular complexity index is 534. The zero-order valence-corrected chi connectivity index (χ0v) is 12.7. The fourth-order valence-electron chi connectivity index (χ4n) is 2.07. The molecule has 0 saturated carbocycles. The topological polar surface area (TPSA) is 37.8 Å². The molecular weight excluding hydrogens is 254 g/mol. The lowest BCUT2D eigenvalue weighted by Crippen LogP contribution is -2.11. The highest BCUT2D eigenvalue weighted by molar-refractivity contribution is 7.15. The summed E-state index contributed by atoms with van der Waals surface area (Å²) in [6.07, 6.45) is 5.79. The quantitative estimate of drug-likeness (QED) is 0.877. The molecule has 0 saturated heterocycles. The van der Waals surface area contributed by atoms with Crippen LogP contribution in [0, 0.1) is 0 Å². The summed E-state index contributed by atoms with van der Waals surface area (Å²) >= 11 is 1.81. The van der Waals surface area contributed by atoms with Crippen molar-refractivity contribution in [1.29, 1.82) is 0 Å². The molecule has 19 heavy (non-hydrogen) atoms. The van der Waals surface area contributed by atoms with Gasteiger partial charge >= 0.3 is 0 Å². The van der Waals surface area contributed by atoms with Gasteiger partial charge in [-0.05, 0) is 31.0 Å². The van der Waals surface area contributed by atoms with Crippen molar-refractivity contribution in [3.8, 4) is 10.6 Å². The SMILES string of the molecule is CCNCc1sc(-c2ccncc2CC)nc1CC. The van der Waals surface area contributed by atoms with Crippen LogP contribution in [0.5, 0.6) is 0 Å². The Hall–Kier alpha value is -1.26. The number of pyridine rings is 1. The standard InChI is InChI=1S/C15H21N3S/c1-4-11-9-17-8-7-12(11)15-18-13(5-2)14(19-15)10-16-6-3/h7-9,16H,4-6,10H2,1-3H3. The smallest absolute Gasteiger partial charge is 0.124 e. The monoisotopic (exact) mass is 275 g/mol. The highest BCUT2D eigenvalue weighted by Gasteiger charge is 2.13. The van der Waals surface area contributed by atoms with Crippen molar-refractivity contribution >= 4 is 11.3 Å². The lowest BCUT2D eigenvalue weighted by molar-refractivity contribution is 0.727. The van der Waals surface area contributed by atoms with Crippen LogP contribution in [-0.2, 0) is 19.4 Å². The van der Waals surface area contributed by atoms with Gasteiger partial charge < -0.3 is 5.32 Å². The van der Waals surface area contributed by atoms with Crippen LogP contribution in [0.1, 0.15) is 36.9 Å². The number of nitrogens with one attached hydrogen (secondary N) is 1. The zero-order chi connectivity index (χ0) is 13.7. The Balaban J connectivity index is 2.37. The Morgan fingerprint density at radius 2 is 2.05 bits per heavy atom. The maximum absolute atomic E-state index is 4.81. The molecule has 2 heterocycles. The van der Waals surface area contributed by atoms with Crippen LogP contribution < -0.4 is 5.32 Å². The van der Waals surface area contributed by atoms with E-state index in [0.717, 1.165) is 30.9 Å². The third-order valence-electron chi connectivity index (χ3n) is 3.16. The van der Waals surface area contributed by atoms with Gasteiger partial charge in [0, 0.05) is 29.4 Å². The van der Waals surface area contributed by atoms with Gasteiger partial charge in [0.2, 0.25) is 0 Å². The number of thiazole rings is 1. The molecule has 1 N–H and O–H groups in total. The van der Waals surface area contributed by atoms with E-state index < -0.39 is 0 Å². The number of rotatable bonds is 6.